The molecule has 2 rings (SSSR count). The second-order valence-electron chi connectivity index (χ2n) is 3.95. The van der Waals surface area contributed by atoms with Gasteiger partial charge in [-0.25, -0.2) is 9.67 Å². The number of anilines is 1. The van der Waals surface area contributed by atoms with Crippen molar-refractivity contribution in [3.63, 3.8) is 0 Å². The van der Waals surface area contributed by atoms with E-state index in [0.717, 1.165) is 19.4 Å². The van der Waals surface area contributed by atoms with Crippen LogP contribution in [0.1, 0.15) is 19.3 Å². The van der Waals surface area contributed by atoms with Crippen LogP contribution < -0.4 is 26.9 Å². The molecule has 102 valence electrons. The Labute approximate surface area is 122 Å². The smallest absolute Gasteiger partial charge is 0.226 e. The molecule has 19 heavy (non-hydrogen) atoms. The van der Waals surface area contributed by atoms with E-state index < -0.39 is 0 Å². The van der Waals surface area contributed by atoms with E-state index in [-0.39, 0.29) is 22.9 Å². The summed E-state index contributed by atoms with van der Waals surface area (Å²) in [5.74, 6) is 0.363. The Bertz CT molecular complexity index is 474. The van der Waals surface area contributed by atoms with Crippen LogP contribution in [0, 0.1) is 0 Å². The molecular formula is C12H16BrN5O. The molecule has 0 saturated carbocycles. The van der Waals surface area contributed by atoms with Gasteiger partial charge in [0.25, 0.3) is 0 Å². The molecule has 6 nitrogen and oxygen atoms in total. The molecule has 1 amide bonds. The molecule has 0 spiro atoms. The minimum atomic E-state index is -0.0372. The first kappa shape index (κ1) is 15.3. The van der Waals surface area contributed by atoms with E-state index >= 15 is 0 Å². The van der Waals surface area contributed by atoms with Crippen molar-refractivity contribution < 1.29 is 26.3 Å². The first-order chi connectivity index (χ1) is 8.84. The van der Waals surface area contributed by atoms with E-state index in [2.05, 4.69) is 25.1 Å². The molecule has 0 atom stereocenters. The van der Waals surface area contributed by atoms with Crippen LogP contribution in [-0.2, 0) is 11.3 Å². The van der Waals surface area contributed by atoms with Gasteiger partial charge >= 0.3 is 0 Å². The molecule has 0 saturated heterocycles. The summed E-state index contributed by atoms with van der Waals surface area (Å²) in [4.78, 5) is 15.3. The van der Waals surface area contributed by atoms with Crippen LogP contribution in [-0.4, -0.2) is 21.1 Å². The lowest BCUT2D eigenvalue weighted by Gasteiger charge is -2.00. The fourth-order valence-electron chi connectivity index (χ4n) is 1.62. The SMILES string of the molecule is O=C(CCCC[n+]1ccccc1)Nc1ncn[nH]1.[Br-]. The highest BCUT2D eigenvalue weighted by atomic mass is 79.9. The van der Waals surface area contributed by atoms with Crippen molar-refractivity contribution in [2.75, 3.05) is 5.32 Å². The molecule has 2 N–H and O–H groups in total. The Balaban J connectivity index is 0.00000180. The minimum Gasteiger partial charge on any atom is -1.00 e. The molecule has 2 heterocycles. The Morgan fingerprint density at radius 3 is 2.74 bits per heavy atom. The fourth-order valence-corrected chi connectivity index (χ4v) is 1.62. The van der Waals surface area contributed by atoms with E-state index in [4.69, 9.17) is 0 Å². The number of nitrogens with zero attached hydrogens (tertiary/aromatic N) is 3. The van der Waals surface area contributed by atoms with Crippen LogP contribution in [0.3, 0.4) is 0 Å². The van der Waals surface area contributed by atoms with E-state index in [0.29, 0.717) is 12.4 Å². The summed E-state index contributed by atoms with van der Waals surface area (Å²) in [6.07, 6.45) is 7.72. The summed E-state index contributed by atoms with van der Waals surface area (Å²) in [6.45, 7) is 0.927. The third-order valence-electron chi connectivity index (χ3n) is 2.52. The highest BCUT2D eigenvalue weighted by Gasteiger charge is 2.05. The first-order valence-electron chi connectivity index (χ1n) is 5.94. The minimum absolute atomic E-state index is 0. The van der Waals surface area contributed by atoms with Gasteiger partial charge in [0.05, 0.1) is 0 Å². The number of aromatic amines is 1. The van der Waals surface area contributed by atoms with Gasteiger partial charge in [0.2, 0.25) is 11.9 Å². The zero-order chi connectivity index (χ0) is 12.6. The van der Waals surface area contributed by atoms with E-state index in [9.17, 15) is 4.79 Å². The Hall–Kier alpha value is -1.76. The van der Waals surface area contributed by atoms with Crippen molar-refractivity contribution in [1.82, 2.24) is 15.2 Å². The van der Waals surface area contributed by atoms with Crippen molar-refractivity contribution in [3.8, 4) is 0 Å². The molecule has 2 aromatic rings. The van der Waals surface area contributed by atoms with Gasteiger partial charge < -0.3 is 17.0 Å². The number of carbonyl (C=O) groups excluding carboxylic acids is 1. The number of unbranched alkanes of at least 4 members (excludes halogenated alkanes) is 1. The number of hydrogen-bond donors (Lipinski definition) is 2. The number of hydrogen-bond acceptors (Lipinski definition) is 3. The number of halogens is 1. The summed E-state index contributed by atoms with van der Waals surface area (Å²) in [5.41, 5.74) is 0. The van der Waals surface area contributed by atoms with Gasteiger partial charge in [0.15, 0.2) is 12.4 Å². The number of rotatable bonds is 6. The van der Waals surface area contributed by atoms with Crippen molar-refractivity contribution in [3.05, 3.63) is 36.9 Å². The van der Waals surface area contributed by atoms with Crippen LogP contribution in [0.4, 0.5) is 5.95 Å². The highest BCUT2D eigenvalue weighted by Crippen LogP contribution is 1.99. The molecule has 0 bridgehead atoms. The van der Waals surface area contributed by atoms with Crippen molar-refractivity contribution in [2.24, 2.45) is 0 Å². The average molecular weight is 326 g/mol. The summed E-state index contributed by atoms with van der Waals surface area (Å²) < 4.78 is 2.11. The van der Waals surface area contributed by atoms with Crippen LogP contribution in [0.15, 0.2) is 36.9 Å². The van der Waals surface area contributed by atoms with E-state index in [1.807, 2.05) is 30.6 Å². The van der Waals surface area contributed by atoms with Crippen molar-refractivity contribution in [2.45, 2.75) is 25.8 Å². The quantitative estimate of drug-likeness (QED) is 0.472. The number of aryl methyl sites for hydroxylation is 1. The monoisotopic (exact) mass is 325 g/mol. The molecule has 0 aliphatic rings. The largest absolute Gasteiger partial charge is 1.00 e. The third kappa shape index (κ3) is 5.60. The zero-order valence-electron chi connectivity index (χ0n) is 10.4. The number of H-pyrrole nitrogens is 1. The van der Waals surface area contributed by atoms with Crippen LogP contribution in [0.25, 0.3) is 0 Å². The average Bonchev–Trinajstić information content (AvgIpc) is 2.89. The van der Waals surface area contributed by atoms with Crippen LogP contribution in [0.5, 0.6) is 0 Å². The highest BCUT2D eigenvalue weighted by molar-refractivity contribution is 5.88. The number of carbonyl (C=O) groups is 1. The molecule has 0 aliphatic heterocycles. The van der Waals surface area contributed by atoms with Gasteiger partial charge in [-0.1, -0.05) is 6.07 Å². The number of amides is 1. The van der Waals surface area contributed by atoms with Crippen molar-refractivity contribution in [1.29, 1.82) is 0 Å². The number of pyridine rings is 1. The summed E-state index contributed by atoms with van der Waals surface area (Å²) in [5, 5.41) is 8.89. The second kappa shape index (κ2) is 8.36. The topological polar surface area (TPSA) is 74.5 Å². The maximum absolute atomic E-state index is 11.5. The van der Waals surface area contributed by atoms with Crippen LogP contribution >= 0.6 is 0 Å². The maximum Gasteiger partial charge on any atom is 0.226 e. The number of aromatic nitrogens is 4. The molecule has 0 aliphatic carbocycles. The van der Waals surface area contributed by atoms with Gasteiger partial charge in [-0.3, -0.25) is 10.1 Å². The summed E-state index contributed by atoms with van der Waals surface area (Å²) in [7, 11) is 0. The Kier molecular flexibility index (Phi) is 6.73. The first-order valence-corrected chi connectivity index (χ1v) is 5.94. The van der Waals surface area contributed by atoms with E-state index in [1.165, 1.54) is 6.33 Å². The van der Waals surface area contributed by atoms with Gasteiger partial charge in [-0.05, 0) is 6.42 Å². The third-order valence-corrected chi connectivity index (χ3v) is 2.52. The van der Waals surface area contributed by atoms with Gasteiger partial charge in [-0.15, -0.1) is 0 Å². The molecule has 2 aromatic heterocycles. The molecule has 7 heteroatoms. The molecular weight excluding hydrogens is 310 g/mol. The van der Waals surface area contributed by atoms with Crippen molar-refractivity contribution >= 4 is 11.9 Å². The maximum atomic E-state index is 11.5. The Morgan fingerprint density at radius 1 is 1.26 bits per heavy atom. The molecule has 0 radical (unpaired) electrons. The summed E-state index contributed by atoms with van der Waals surface area (Å²) >= 11 is 0. The number of nitrogens with one attached hydrogen (secondary N) is 2. The van der Waals surface area contributed by atoms with Crippen LogP contribution in [0.2, 0.25) is 0 Å². The molecule has 0 fully saturated rings. The lowest BCUT2D eigenvalue weighted by Crippen LogP contribution is -3.00. The van der Waals surface area contributed by atoms with Gasteiger partial charge in [-0.2, -0.15) is 10.1 Å². The standard InChI is InChI=1S/C12H15N5O.BrH/c18-11(15-12-13-10-14-16-12)6-2-5-9-17-7-3-1-4-8-17;/h1,3-4,7-8,10H,2,5-6,9H2,(H-,13,14,15,16,18);1H. The van der Waals surface area contributed by atoms with E-state index in [1.54, 1.807) is 0 Å². The predicted molar refractivity (Wildman–Crippen MR) is 65.5 cm³/mol. The molecule has 0 aromatic carbocycles. The summed E-state index contributed by atoms with van der Waals surface area (Å²) in [6, 6.07) is 5.98. The normalized spacial score (nSPS) is 9.68. The predicted octanol–water partition coefficient (Wildman–Crippen LogP) is -2.09. The van der Waals surface area contributed by atoms with Gasteiger partial charge in [0, 0.05) is 25.0 Å². The lowest BCUT2D eigenvalue weighted by atomic mass is 10.2. The lowest BCUT2D eigenvalue weighted by molar-refractivity contribution is -0.697. The fraction of sp³-hybridized carbons (Fsp3) is 0.333. The zero-order valence-corrected chi connectivity index (χ0v) is 12.0. The Morgan fingerprint density at radius 2 is 2.05 bits per heavy atom. The molecule has 0 unspecified atom stereocenters. The second-order valence-corrected chi connectivity index (χ2v) is 3.95. The van der Waals surface area contributed by atoms with Gasteiger partial charge in [0.1, 0.15) is 12.9 Å².